The molecule has 2 atom stereocenters. The highest BCUT2D eigenvalue weighted by Gasteiger charge is 2.33. The van der Waals surface area contributed by atoms with Gasteiger partial charge in [0.25, 0.3) is 0 Å². The normalized spacial score (nSPS) is 12.6. The number of aromatic amines is 1. The smallest absolute Gasteiger partial charge is 0.375 e. The van der Waals surface area contributed by atoms with Gasteiger partial charge in [-0.2, -0.15) is 4.98 Å². The van der Waals surface area contributed by atoms with Crippen LogP contribution in [0.25, 0.3) is 0 Å². The van der Waals surface area contributed by atoms with Gasteiger partial charge >= 0.3 is 12.0 Å². The molecule has 0 spiro atoms. The van der Waals surface area contributed by atoms with Gasteiger partial charge in [0.05, 0.1) is 18.9 Å². The van der Waals surface area contributed by atoms with E-state index in [2.05, 4.69) is 30.6 Å². The summed E-state index contributed by atoms with van der Waals surface area (Å²) in [5.41, 5.74) is 0.511. The van der Waals surface area contributed by atoms with Crippen molar-refractivity contribution in [1.82, 2.24) is 15.2 Å². The zero-order chi connectivity index (χ0) is 20.8. The Morgan fingerprint density at radius 1 is 1.11 bits per heavy atom. The van der Waals surface area contributed by atoms with Crippen LogP contribution in [0.5, 0.6) is 0 Å². The number of carbonyl (C=O) groups excluding carboxylic acids is 4. The number of nitrogens with one attached hydrogen (secondary N) is 3. The number of Topliss-reactive ketones (excluding diaryl/α,β-unsaturated/α-hetero) is 2. The first-order chi connectivity index (χ1) is 13.2. The fourth-order valence-corrected chi connectivity index (χ4v) is 2.36. The van der Waals surface area contributed by atoms with Crippen molar-refractivity contribution in [3.63, 3.8) is 0 Å². The average molecular weight is 408 g/mol. The fourth-order valence-electron chi connectivity index (χ4n) is 2.24. The van der Waals surface area contributed by atoms with Crippen LogP contribution in [0.3, 0.4) is 0 Å². The zero-order valence-electron chi connectivity index (χ0n) is 15.3. The van der Waals surface area contributed by atoms with Crippen LogP contribution in [-0.4, -0.2) is 45.9 Å². The molecule has 0 fully saturated rings. The van der Waals surface area contributed by atoms with Gasteiger partial charge in [-0.15, -0.1) is 5.10 Å². The van der Waals surface area contributed by atoms with Crippen molar-refractivity contribution >= 4 is 46.8 Å². The molecule has 1 heterocycles. The van der Waals surface area contributed by atoms with Crippen LogP contribution >= 0.6 is 11.6 Å². The summed E-state index contributed by atoms with van der Waals surface area (Å²) in [6.07, 6.45) is 0. The monoisotopic (exact) mass is 407 g/mol. The average Bonchev–Trinajstić information content (AvgIpc) is 3.14. The largest absolute Gasteiger partial charge is 0.463 e. The van der Waals surface area contributed by atoms with Crippen molar-refractivity contribution in [1.29, 1.82) is 0 Å². The third kappa shape index (κ3) is 5.13. The number of ketones is 2. The van der Waals surface area contributed by atoms with Gasteiger partial charge in [-0.3, -0.25) is 20.0 Å². The summed E-state index contributed by atoms with van der Waals surface area (Å²) >= 11 is 5.78. The lowest BCUT2D eigenvalue weighted by Crippen LogP contribution is -2.31. The second-order valence-corrected chi connectivity index (χ2v) is 6.27. The first kappa shape index (κ1) is 21.0. The number of halogens is 1. The minimum atomic E-state index is -1.20. The van der Waals surface area contributed by atoms with E-state index in [1.165, 1.54) is 13.8 Å². The minimum absolute atomic E-state index is 0.0620. The van der Waals surface area contributed by atoms with Gasteiger partial charge in [0.1, 0.15) is 5.82 Å². The topological polar surface area (TPSA) is 143 Å². The number of anilines is 2. The van der Waals surface area contributed by atoms with E-state index >= 15 is 0 Å². The van der Waals surface area contributed by atoms with Gasteiger partial charge in [0.2, 0.25) is 11.7 Å². The number of rotatable bonds is 7. The molecule has 0 aliphatic carbocycles. The zero-order valence-corrected chi connectivity index (χ0v) is 16.0. The lowest BCUT2D eigenvalue weighted by molar-refractivity contribution is -0.155. The van der Waals surface area contributed by atoms with E-state index in [-0.39, 0.29) is 11.8 Å². The first-order valence-corrected chi connectivity index (χ1v) is 8.52. The van der Waals surface area contributed by atoms with Crippen molar-refractivity contribution in [2.75, 3.05) is 17.7 Å². The molecule has 2 aromatic rings. The molecular formula is C17H18ClN5O5. The van der Waals surface area contributed by atoms with Crippen LogP contribution in [0.15, 0.2) is 24.3 Å². The molecule has 0 bridgehead atoms. The SMILES string of the molecule is COC(=O)C(=O)C(C)C(=O)C(C)c1nc(NC(=O)Nc2ccc(Cl)cc2)n[nH]1. The summed E-state index contributed by atoms with van der Waals surface area (Å²) in [5, 5.41) is 11.8. The minimum Gasteiger partial charge on any atom is -0.463 e. The Hall–Kier alpha value is -3.27. The molecular weight excluding hydrogens is 390 g/mol. The number of hydrogen-bond acceptors (Lipinski definition) is 7. The summed E-state index contributed by atoms with van der Waals surface area (Å²) in [6.45, 7) is 2.81. The fraction of sp³-hybridized carbons (Fsp3) is 0.294. The van der Waals surface area contributed by atoms with Crippen LogP contribution in [0, 0.1) is 5.92 Å². The number of aromatic nitrogens is 3. The van der Waals surface area contributed by atoms with Crippen LogP contribution in [0.2, 0.25) is 5.02 Å². The van der Waals surface area contributed by atoms with Gasteiger partial charge in [0.15, 0.2) is 5.78 Å². The molecule has 1 aromatic carbocycles. The van der Waals surface area contributed by atoms with Gasteiger partial charge in [-0.25, -0.2) is 9.59 Å². The molecule has 2 amide bonds. The molecule has 2 rings (SSSR count). The van der Waals surface area contributed by atoms with Crippen LogP contribution in [0.4, 0.5) is 16.4 Å². The van der Waals surface area contributed by atoms with Crippen molar-refractivity contribution < 1.29 is 23.9 Å². The van der Waals surface area contributed by atoms with Crippen molar-refractivity contribution in [3.05, 3.63) is 35.1 Å². The van der Waals surface area contributed by atoms with E-state index in [0.717, 1.165) is 7.11 Å². The summed E-state index contributed by atoms with van der Waals surface area (Å²) in [5.74, 6) is -4.55. The molecule has 0 saturated heterocycles. The lowest BCUT2D eigenvalue weighted by atomic mass is 9.91. The van der Waals surface area contributed by atoms with Gasteiger partial charge in [-0.1, -0.05) is 11.6 Å². The summed E-state index contributed by atoms with van der Waals surface area (Å²) < 4.78 is 4.33. The Morgan fingerprint density at radius 2 is 1.75 bits per heavy atom. The highest BCUT2D eigenvalue weighted by Crippen LogP contribution is 2.19. The third-order valence-corrected chi connectivity index (χ3v) is 4.13. The molecule has 0 radical (unpaired) electrons. The molecule has 0 aliphatic heterocycles. The Bertz CT molecular complexity index is 896. The number of methoxy groups -OCH3 is 1. The van der Waals surface area contributed by atoms with Gasteiger partial charge in [0, 0.05) is 10.7 Å². The number of benzene rings is 1. The quantitative estimate of drug-likeness (QED) is 0.362. The maximum Gasteiger partial charge on any atom is 0.375 e. The second kappa shape index (κ2) is 9.09. The Kier molecular flexibility index (Phi) is 6.83. The number of urea groups is 1. The molecule has 2 unspecified atom stereocenters. The molecule has 0 aliphatic rings. The Labute approximate surface area is 165 Å². The maximum absolute atomic E-state index is 12.4. The lowest BCUT2D eigenvalue weighted by Gasteiger charge is -2.12. The van der Waals surface area contributed by atoms with Crippen molar-refractivity contribution in [2.45, 2.75) is 19.8 Å². The molecule has 11 heteroatoms. The third-order valence-electron chi connectivity index (χ3n) is 3.87. The highest BCUT2D eigenvalue weighted by molar-refractivity contribution is 6.38. The van der Waals surface area contributed by atoms with Crippen LogP contribution in [-0.2, 0) is 19.1 Å². The van der Waals surface area contributed by atoms with Crippen LogP contribution in [0.1, 0.15) is 25.6 Å². The molecule has 3 N–H and O–H groups in total. The standard InChI is InChI=1S/C17H18ClN5O5/c1-8(13(25)15(26)28-3)12(24)9(2)14-20-16(23-22-14)21-17(27)19-11-6-4-10(18)5-7-11/h4-9H,1-3H3,(H3,19,20,21,22,23,27). The maximum atomic E-state index is 12.4. The van der Waals surface area contributed by atoms with E-state index in [4.69, 9.17) is 11.6 Å². The van der Waals surface area contributed by atoms with Crippen molar-refractivity contribution in [3.8, 4) is 0 Å². The number of hydrogen-bond donors (Lipinski definition) is 3. The summed E-state index contributed by atoms with van der Waals surface area (Å²) in [6, 6.07) is 5.87. The van der Waals surface area contributed by atoms with Gasteiger partial charge in [-0.05, 0) is 38.1 Å². The van der Waals surface area contributed by atoms with E-state index in [0.29, 0.717) is 10.7 Å². The van der Waals surface area contributed by atoms with Gasteiger partial charge < -0.3 is 10.1 Å². The first-order valence-electron chi connectivity index (χ1n) is 8.14. The molecule has 0 saturated carbocycles. The van der Waals surface area contributed by atoms with E-state index < -0.39 is 35.4 Å². The van der Waals surface area contributed by atoms with Crippen LogP contribution < -0.4 is 10.6 Å². The number of esters is 1. The number of amides is 2. The number of ether oxygens (including phenoxy) is 1. The summed E-state index contributed by atoms with van der Waals surface area (Å²) in [7, 11) is 1.06. The van der Waals surface area contributed by atoms with E-state index in [1.807, 2.05) is 0 Å². The number of nitrogens with zero attached hydrogens (tertiary/aromatic N) is 2. The summed E-state index contributed by atoms with van der Waals surface area (Å²) in [4.78, 5) is 51.4. The molecule has 1 aromatic heterocycles. The predicted octanol–water partition coefficient (Wildman–Crippen LogP) is 2.15. The predicted molar refractivity (Wildman–Crippen MR) is 100 cm³/mol. The Balaban J connectivity index is 1.99. The highest BCUT2D eigenvalue weighted by atomic mass is 35.5. The van der Waals surface area contributed by atoms with Crippen molar-refractivity contribution in [2.24, 2.45) is 5.92 Å². The Morgan fingerprint density at radius 3 is 2.36 bits per heavy atom. The molecule has 10 nitrogen and oxygen atoms in total. The number of H-pyrrole nitrogens is 1. The molecule has 28 heavy (non-hydrogen) atoms. The molecule has 148 valence electrons. The van der Waals surface area contributed by atoms with E-state index in [9.17, 15) is 19.2 Å². The second-order valence-electron chi connectivity index (χ2n) is 5.83. The number of carbonyl (C=O) groups is 4. The van der Waals surface area contributed by atoms with E-state index in [1.54, 1.807) is 24.3 Å².